The molecule has 1 heterocycles. The second kappa shape index (κ2) is 4.78. The smallest absolute Gasteiger partial charge is 0.108 e. The van der Waals surface area contributed by atoms with Gasteiger partial charge >= 0.3 is 0 Å². The summed E-state index contributed by atoms with van der Waals surface area (Å²) in [5.74, 6) is 1.04. The monoisotopic (exact) mass is 295 g/mol. The first-order valence-electron chi connectivity index (χ1n) is 5.83. The Morgan fingerprint density at radius 2 is 2.12 bits per heavy atom. The van der Waals surface area contributed by atoms with Crippen LogP contribution in [0.5, 0.6) is 0 Å². The van der Waals surface area contributed by atoms with Gasteiger partial charge in [-0.2, -0.15) is 0 Å². The van der Waals surface area contributed by atoms with E-state index in [1.165, 1.54) is 0 Å². The first-order valence-corrected chi connectivity index (χ1v) is 6.62. The third kappa shape index (κ3) is 3.54. The van der Waals surface area contributed by atoms with Crippen LogP contribution in [0.25, 0.3) is 11.0 Å². The van der Waals surface area contributed by atoms with Crippen LogP contribution in [0.2, 0.25) is 0 Å². The van der Waals surface area contributed by atoms with Crippen molar-refractivity contribution in [3.05, 3.63) is 28.5 Å². The minimum Gasteiger partial charge on any atom is -0.342 e. The second-order valence-corrected chi connectivity index (χ2v) is 6.19. The standard InChI is InChI=1S/C13H18BrN3/c1-13(2,3)15-7-6-12-16-10-5-4-9(14)8-11(10)17-12/h4-5,8,15H,6-7H2,1-3H3,(H,16,17). The van der Waals surface area contributed by atoms with Gasteiger partial charge in [0.25, 0.3) is 0 Å². The van der Waals surface area contributed by atoms with Crippen LogP contribution in [0.4, 0.5) is 0 Å². The van der Waals surface area contributed by atoms with E-state index in [0.29, 0.717) is 0 Å². The van der Waals surface area contributed by atoms with Gasteiger partial charge in [0.15, 0.2) is 0 Å². The molecule has 0 aliphatic carbocycles. The number of benzene rings is 1. The van der Waals surface area contributed by atoms with Crippen LogP contribution in [-0.2, 0) is 6.42 Å². The summed E-state index contributed by atoms with van der Waals surface area (Å²) in [6.45, 7) is 7.44. The van der Waals surface area contributed by atoms with Crippen molar-refractivity contribution in [2.45, 2.75) is 32.7 Å². The van der Waals surface area contributed by atoms with E-state index in [2.05, 4.69) is 52.0 Å². The van der Waals surface area contributed by atoms with Crippen molar-refractivity contribution in [1.29, 1.82) is 0 Å². The van der Waals surface area contributed by atoms with Crippen molar-refractivity contribution in [3.63, 3.8) is 0 Å². The fourth-order valence-corrected chi connectivity index (χ4v) is 2.06. The normalized spacial score (nSPS) is 12.2. The van der Waals surface area contributed by atoms with Gasteiger partial charge in [-0.25, -0.2) is 4.98 Å². The van der Waals surface area contributed by atoms with Crippen LogP contribution in [0.3, 0.4) is 0 Å². The van der Waals surface area contributed by atoms with Gasteiger partial charge in [-0.15, -0.1) is 0 Å². The van der Waals surface area contributed by atoms with Gasteiger partial charge < -0.3 is 10.3 Å². The van der Waals surface area contributed by atoms with Gasteiger partial charge in [0.1, 0.15) is 5.82 Å². The summed E-state index contributed by atoms with van der Waals surface area (Å²) in [5.41, 5.74) is 2.28. The first-order chi connectivity index (χ1) is 7.94. The molecule has 17 heavy (non-hydrogen) atoms. The van der Waals surface area contributed by atoms with E-state index in [9.17, 15) is 0 Å². The average Bonchev–Trinajstić information content (AvgIpc) is 2.57. The third-order valence-electron chi connectivity index (χ3n) is 2.51. The number of fused-ring (bicyclic) bond motifs is 1. The summed E-state index contributed by atoms with van der Waals surface area (Å²) in [6.07, 6.45) is 0.920. The molecule has 0 bridgehead atoms. The van der Waals surface area contributed by atoms with Crippen LogP contribution in [0.15, 0.2) is 22.7 Å². The summed E-state index contributed by atoms with van der Waals surface area (Å²) in [7, 11) is 0. The molecule has 0 unspecified atom stereocenters. The minimum atomic E-state index is 0.162. The molecule has 2 rings (SSSR count). The summed E-state index contributed by atoms with van der Waals surface area (Å²) < 4.78 is 1.07. The first kappa shape index (κ1) is 12.6. The van der Waals surface area contributed by atoms with Crippen molar-refractivity contribution in [1.82, 2.24) is 15.3 Å². The number of halogens is 1. The zero-order valence-corrected chi connectivity index (χ0v) is 12.1. The lowest BCUT2D eigenvalue weighted by atomic mass is 10.1. The predicted molar refractivity (Wildman–Crippen MR) is 75.3 cm³/mol. The van der Waals surface area contributed by atoms with E-state index in [1.54, 1.807) is 0 Å². The fraction of sp³-hybridized carbons (Fsp3) is 0.462. The molecular formula is C13H18BrN3. The molecule has 0 saturated carbocycles. The van der Waals surface area contributed by atoms with Gasteiger partial charge in [-0.1, -0.05) is 15.9 Å². The molecule has 0 amide bonds. The largest absolute Gasteiger partial charge is 0.342 e. The Kier molecular flexibility index (Phi) is 3.54. The van der Waals surface area contributed by atoms with Crippen LogP contribution in [0, 0.1) is 0 Å². The average molecular weight is 296 g/mol. The Hall–Kier alpha value is -0.870. The molecule has 92 valence electrons. The molecular weight excluding hydrogens is 278 g/mol. The number of nitrogens with zero attached hydrogens (tertiary/aromatic N) is 1. The Labute approximate surface area is 110 Å². The van der Waals surface area contributed by atoms with Gasteiger partial charge in [0.05, 0.1) is 11.0 Å². The van der Waals surface area contributed by atoms with Gasteiger partial charge in [0.2, 0.25) is 0 Å². The molecule has 0 atom stereocenters. The maximum atomic E-state index is 4.57. The van der Waals surface area contributed by atoms with Crippen molar-refractivity contribution in [2.24, 2.45) is 0 Å². The fourth-order valence-electron chi connectivity index (χ4n) is 1.71. The number of rotatable bonds is 3. The number of hydrogen-bond donors (Lipinski definition) is 2. The van der Waals surface area contributed by atoms with Crippen molar-refractivity contribution in [2.75, 3.05) is 6.54 Å². The highest BCUT2D eigenvalue weighted by atomic mass is 79.9. The van der Waals surface area contributed by atoms with Crippen molar-refractivity contribution >= 4 is 27.0 Å². The Bertz CT molecular complexity index is 511. The molecule has 0 fully saturated rings. The zero-order valence-electron chi connectivity index (χ0n) is 10.5. The Morgan fingerprint density at radius 1 is 1.35 bits per heavy atom. The number of aromatic nitrogens is 2. The van der Waals surface area contributed by atoms with Crippen LogP contribution >= 0.6 is 15.9 Å². The van der Waals surface area contributed by atoms with Crippen LogP contribution in [0.1, 0.15) is 26.6 Å². The highest BCUT2D eigenvalue weighted by Crippen LogP contribution is 2.17. The lowest BCUT2D eigenvalue weighted by Crippen LogP contribution is -2.37. The quantitative estimate of drug-likeness (QED) is 0.912. The van der Waals surface area contributed by atoms with E-state index < -0.39 is 0 Å². The molecule has 2 N–H and O–H groups in total. The third-order valence-corrected chi connectivity index (χ3v) is 3.00. The summed E-state index contributed by atoms with van der Waals surface area (Å²) in [5, 5.41) is 3.46. The molecule has 0 aliphatic rings. The van der Waals surface area contributed by atoms with Crippen molar-refractivity contribution in [3.8, 4) is 0 Å². The van der Waals surface area contributed by atoms with E-state index in [0.717, 1.165) is 34.3 Å². The van der Waals surface area contributed by atoms with E-state index >= 15 is 0 Å². The molecule has 0 spiro atoms. The van der Waals surface area contributed by atoms with E-state index in [-0.39, 0.29) is 5.54 Å². The van der Waals surface area contributed by atoms with Gasteiger partial charge in [0, 0.05) is 23.0 Å². The number of nitrogens with one attached hydrogen (secondary N) is 2. The molecule has 4 heteroatoms. The number of aromatic amines is 1. The second-order valence-electron chi connectivity index (χ2n) is 5.27. The van der Waals surface area contributed by atoms with Crippen LogP contribution in [-0.4, -0.2) is 22.1 Å². The van der Waals surface area contributed by atoms with Crippen LogP contribution < -0.4 is 5.32 Å². The Balaban J connectivity index is 2.05. The van der Waals surface area contributed by atoms with Gasteiger partial charge in [-0.05, 0) is 39.0 Å². The minimum absolute atomic E-state index is 0.162. The molecule has 1 aromatic carbocycles. The van der Waals surface area contributed by atoms with Gasteiger partial charge in [-0.3, -0.25) is 0 Å². The lowest BCUT2D eigenvalue weighted by molar-refractivity contribution is 0.428. The number of H-pyrrole nitrogens is 1. The summed E-state index contributed by atoms with van der Waals surface area (Å²) in [6, 6.07) is 6.11. The maximum Gasteiger partial charge on any atom is 0.108 e. The topological polar surface area (TPSA) is 40.7 Å². The van der Waals surface area contributed by atoms with E-state index in [4.69, 9.17) is 0 Å². The molecule has 3 nitrogen and oxygen atoms in total. The molecule has 0 aliphatic heterocycles. The highest BCUT2D eigenvalue weighted by molar-refractivity contribution is 9.10. The number of hydrogen-bond acceptors (Lipinski definition) is 2. The summed E-state index contributed by atoms with van der Waals surface area (Å²) >= 11 is 3.45. The van der Waals surface area contributed by atoms with Crippen molar-refractivity contribution < 1.29 is 0 Å². The summed E-state index contributed by atoms with van der Waals surface area (Å²) in [4.78, 5) is 7.90. The predicted octanol–water partition coefficient (Wildman–Crippen LogP) is 3.26. The highest BCUT2D eigenvalue weighted by Gasteiger charge is 2.09. The maximum absolute atomic E-state index is 4.57. The molecule has 0 radical (unpaired) electrons. The molecule has 2 aromatic rings. The van der Waals surface area contributed by atoms with E-state index in [1.807, 2.05) is 18.2 Å². The SMILES string of the molecule is CC(C)(C)NCCc1nc2cc(Br)ccc2[nH]1. The number of imidazole rings is 1. The zero-order chi connectivity index (χ0) is 12.5. The lowest BCUT2D eigenvalue weighted by Gasteiger charge is -2.19. The molecule has 0 saturated heterocycles. The molecule has 1 aromatic heterocycles. The Morgan fingerprint density at radius 3 is 2.82 bits per heavy atom.